The molecule has 0 aliphatic carbocycles. The summed E-state index contributed by atoms with van der Waals surface area (Å²) in [5, 5.41) is 0. The molecule has 122 valence electrons. The number of nitrogens with zero attached hydrogens (tertiary/aromatic N) is 2. The van der Waals surface area contributed by atoms with Crippen LogP contribution >= 0.6 is 0 Å². The van der Waals surface area contributed by atoms with Gasteiger partial charge in [-0.2, -0.15) is 0 Å². The molecule has 0 aliphatic heterocycles. The maximum atomic E-state index is 2.52. The smallest absolute Gasteiger partial charge is 0.0237 e. The van der Waals surface area contributed by atoms with Crippen LogP contribution in [0.4, 0.5) is 0 Å². The topological polar surface area (TPSA) is 6.48 Å². The van der Waals surface area contributed by atoms with Crippen molar-refractivity contribution in [1.82, 2.24) is 9.80 Å². The van der Waals surface area contributed by atoms with Crippen LogP contribution in [0.2, 0.25) is 0 Å². The summed E-state index contributed by atoms with van der Waals surface area (Å²) in [7, 11) is 4.26. The average Bonchev–Trinajstić information content (AvgIpc) is 2.54. The van der Waals surface area contributed by atoms with Gasteiger partial charge in [0.05, 0.1) is 0 Å². The standard InChI is InChI=1S/C21H28N2/c1-19(16-20-10-6-4-7-11-20)17-23(15-14-22(2)3)18-21-12-8-5-9-13-21/h4-13,16H,14-15,17-18H2,1-3H3. The molecular formula is C21H28N2. The molecular weight excluding hydrogens is 280 g/mol. The van der Waals surface area contributed by atoms with E-state index in [1.807, 2.05) is 0 Å². The summed E-state index contributed by atoms with van der Waals surface area (Å²) in [6, 6.07) is 21.3. The van der Waals surface area contributed by atoms with Crippen LogP contribution in [0.5, 0.6) is 0 Å². The van der Waals surface area contributed by atoms with Crippen molar-refractivity contribution in [2.75, 3.05) is 33.7 Å². The molecule has 2 nitrogen and oxygen atoms in total. The van der Waals surface area contributed by atoms with Crippen molar-refractivity contribution < 1.29 is 0 Å². The molecule has 0 heterocycles. The van der Waals surface area contributed by atoms with Gasteiger partial charge in [0.1, 0.15) is 0 Å². The zero-order chi connectivity index (χ0) is 16.5. The highest BCUT2D eigenvalue weighted by atomic mass is 15.2. The van der Waals surface area contributed by atoms with Gasteiger partial charge in [-0.25, -0.2) is 0 Å². The molecule has 0 N–H and O–H groups in total. The maximum Gasteiger partial charge on any atom is 0.0237 e. The zero-order valence-corrected chi connectivity index (χ0v) is 14.6. The highest BCUT2D eigenvalue weighted by molar-refractivity contribution is 5.52. The van der Waals surface area contributed by atoms with E-state index in [1.54, 1.807) is 0 Å². The van der Waals surface area contributed by atoms with E-state index in [2.05, 4.69) is 97.6 Å². The predicted octanol–water partition coefficient (Wildman–Crippen LogP) is 4.15. The third-order valence-electron chi connectivity index (χ3n) is 3.80. The first-order chi connectivity index (χ1) is 11.1. The SMILES string of the molecule is CC(=Cc1ccccc1)CN(CCN(C)C)Cc1ccccc1. The lowest BCUT2D eigenvalue weighted by atomic mass is 10.1. The second kappa shape index (κ2) is 9.29. The lowest BCUT2D eigenvalue weighted by Gasteiger charge is -2.24. The van der Waals surface area contributed by atoms with E-state index < -0.39 is 0 Å². The Morgan fingerprint density at radius 3 is 2.09 bits per heavy atom. The van der Waals surface area contributed by atoms with Crippen molar-refractivity contribution in [2.24, 2.45) is 0 Å². The van der Waals surface area contributed by atoms with E-state index in [0.717, 1.165) is 26.2 Å². The Kier molecular flexibility index (Phi) is 7.05. The van der Waals surface area contributed by atoms with Gasteiger partial charge in [0.25, 0.3) is 0 Å². The van der Waals surface area contributed by atoms with E-state index >= 15 is 0 Å². The van der Waals surface area contributed by atoms with E-state index in [-0.39, 0.29) is 0 Å². The van der Waals surface area contributed by atoms with Crippen LogP contribution in [0.1, 0.15) is 18.1 Å². The van der Waals surface area contributed by atoms with Crippen LogP contribution in [-0.2, 0) is 6.54 Å². The Balaban J connectivity index is 2.02. The summed E-state index contributed by atoms with van der Waals surface area (Å²) in [6.07, 6.45) is 2.29. The van der Waals surface area contributed by atoms with E-state index in [0.29, 0.717) is 0 Å². The van der Waals surface area contributed by atoms with Gasteiger partial charge in [-0.1, -0.05) is 72.3 Å². The fraction of sp³-hybridized carbons (Fsp3) is 0.333. The molecule has 0 saturated heterocycles. The first-order valence-electron chi connectivity index (χ1n) is 8.27. The molecule has 0 atom stereocenters. The van der Waals surface area contributed by atoms with Crippen LogP contribution in [0.25, 0.3) is 6.08 Å². The van der Waals surface area contributed by atoms with Crippen LogP contribution in [0, 0.1) is 0 Å². The Hall–Kier alpha value is -1.90. The number of hydrogen-bond donors (Lipinski definition) is 0. The van der Waals surface area contributed by atoms with Crippen molar-refractivity contribution in [3.05, 3.63) is 77.4 Å². The van der Waals surface area contributed by atoms with Crippen molar-refractivity contribution in [3.63, 3.8) is 0 Å². The van der Waals surface area contributed by atoms with Gasteiger partial charge in [0, 0.05) is 26.2 Å². The Morgan fingerprint density at radius 1 is 0.870 bits per heavy atom. The highest BCUT2D eigenvalue weighted by Crippen LogP contribution is 2.10. The molecule has 0 fully saturated rings. The summed E-state index contributed by atoms with van der Waals surface area (Å²) in [6.45, 7) is 6.36. The molecule has 0 aliphatic rings. The Bertz CT molecular complexity index is 588. The Labute approximate surface area is 141 Å². The quantitative estimate of drug-likeness (QED) is 0.723. The van der Waals surface area contributed by atoms with Gasteiger partial charge < -0.3 is 4.90 Å². The fourth-order valence-corrected chi connectivity index (χ4v) is 2.63. The van der Waals surface area contributed by atoms with Gasteiger partial charge in [0.2, 0.25) is 0 Å². The zero-order valence-electron chi connectivity index (χ0n) is 14.6. The molecule has 2 heteroatoms. The molecule has 0 radical (unpaired) electrons. The summed E-state index contributed by atoms with van der Waals surface area (Å²) in [5.74, 6) is 0. The van der Waals surface area contributed by atoms with Crippen LogP contribution in [0.3, 0.4) is 0 Å². The maximum absolute atomic E-state index is 2.52. The minimum absolute atomic E-state index is 0.995. The molecule has 0 saturated carbocycles. The number of likely N-dealkylation sites (N-methyl/N-ethyl adjacent to an activating group) is 1. The van der Waals surface area contributed by atoms with Gasteiger partial charge in [-0.15, -0.1) is 0 Å². The number of benzene rings is 2. The third kappa shape index (κ3) is 6.81. The molecule has 0 amide bonds. The van der Waals surface area contributed by atoms with Crippen LogP contribution in [-0.4, -0.2) is 43.5 Å². The molecule has 23 heavy (non-hydrogen) atoms. The normalized spacial score (nSPS) is 12.1. The average molecular weight is 308 g/mol. The molecule has 2 aromatic rings. The van der Waals surface area contributed by atoms with Crippen LogP contribution in [0.15, 0.2) is 66.2 Å². The van der Waals surface area contributed by atoms with E-state index in [4.69, 9.17) is 0 Å². The van der Waals surface area contributed by atoms with Crippen LogP contribution < -0.4 is 0 Å². The first-order valence-corrected chi connectivity index (χ1v) is 8.27. The second-order valence-corrected chi connectivity index (χ2v) is 6.40. The number of hydrogen-bond acceptors (Lipinski definition) is 2. The lowest BCUT2D eigenvalue weighted by molar-refractivity contribution is 0.250. The minimum Gasteiger partial charge on any atom is -0.308 e. The summed E-state index contributed by atoms with van der Waals surface area (Å²) < 4.78 is 0. The third-order valence-corrected chi connectivity index (χ3v) is 3.80. The van der Waals surface area contributed by atoms with Gasteiger partial charge in [-0.05, 0) is 32.1 Å². The molecule has 0 bridgehead atoms. The summed E-state index contributed by atoms with van der Waals surface area (Å²) >= 11 is 0. The van der Waals surface area contributed by atoms with Crippen molar-refractivity contribution in [1.29, 1.82) is 0 Å². The molecule has 2 rings (SSSR count). The largest absolute Gasteiger partial charge is 0.308 e. The first kappa shape index (κ1) is 17.5. The monoisotopic (exact) mass is 308 g/mol. The molecule has 0 aromatic heterocycles. The van der Waals surface area contributed by atoms with Gasteiger partial charge in [0.15, 0.2) is 0 Å². The second-order valence-electron chi connectivity index (χ2n) is 6.40. The molecule has 2 aromatic carbocycles. The van der Waals surface area contributed by atoms with Crippen molar-refractivity contribution in [2.45, 2.75) is 13.5 Å². The molecule has 0 unspecified atom stereocenters. The Morgan fingerprint density at radius 2 is 1.48 bits per heavy atom. The van der Waals surface area contributed by atoms with E-state index in [9.17, 15) is 0 Å². The van der Waals surface area contributed by atoms with Gasteiger partial charge >= 0.3 is 0 Å². The van der Waals surface area contributed by atoms with Crippen molar-refractivity contribution in [3.8, 4) is 0 Å². The molecule has 0 spiro atoms. The minimum atomic E-state index is 0.995. The van der Waals surface area contributed by atoms with E-state index in [1.165, 1.54) is 16.7 Å². The summed E-state index contributed by atoms with van der Waals surface area (Å²) in [5.41, 5.74) is 4.04. The van der Waals surface area contributed by atoms with Gasteiger partial charge in [-0.3, -0.25) is 4.90 Å². The lowest BCUT2D eigenvalue weighted by Crippen LogP contribution is -2.32. The number of rotatable bonds is 8. The predicted molar refractivity (Wildman–Crippen MR) is 100 cm³/mol. The highest BCUT2D eigenvalue weighted by Gasteiger charge is 2.07. The fourth-order valence-electron chi connectivity index (χ4n) is 2.63. The summed E-state index contributed by atoms with van der Waals surface area (Å²) in [4.78, 5) is 4.76. The van der Waals surface area contributed by atoms with Crippen molar-refractivity contribution >= 4 is 6.08 Å².